The van der Waals surface area contributed by atoms with Crippen LogP contribution in [0.25, 0.3) is 0 Å². The van der Waals surface area contributed by atoms with Gasteiger partial charge in [-0.1, -0.05) is 29.3 Å². The zero-order chi connectivity index (χ0) is 17.9. The normalized spacial score (nSPS) is 14.3. The molecule has 0 amide bonds. The van der Waals surface area contributed by atoms with Crippen molar-refractivity contribution in [2.24, 2.45) is 5.10 Å². The molecule has 0 bridgehead atoms. The lowest BCUT2D eigenvalue weighted by Gasteiger charge is -2.09. The third kappa shape index (κ3) is 4.24. The molecule has 1 aliphatic heterocycles. The van der Waals surface area contributed by atoms with Crippen molar-refractivity contribution in [1.82, 2.24) is 4.83 Å². The predicted octanol–water partition coefficient (Wildman–Crippen LogP) is 3.12. The fraction of sp³-hybridized carbons (Fsp3) is 0.235. The summed E-state index contributed by atoms with van der Waals surface area (Å²) in [7, 11) is -3.72. The molecule has 0 aliphatic carbocycles. The molecular weight excluding hydrogens is 364 g/mol. The smallest absolute Gasteiger partial charge is 0.276 e. The van der Waals surface area contributed by atoms with Gasteiger partial charge in [-0.15, -0.1) is 0 Å². The van der Waals surface area contributed by atoms with Gasteiger partial charge < -0.3 is 9.47 Å². The second-order valence-electron chi connectivity index (χ2n) is 5.55. The van der Waals surface area contributed by atoms with E-state index in [9.17, 15) is 8.42 Å². The number of rotatable bonds is 4. The minimum Gasteiger partial charge on any atom is -0.489 e. The molecule has 0 atom stereocenters. The molecule has 8 heteroatoms. The molecule has 6 nitrogen and oxygen atoms in total. The van der Waals surface area contributed by atoms with E-state index in [1.807, 2.05) is 6.92 Å². The van der Waals surface area contributed by atoms with E-state index in [2.05, 4.69) is 9.93 Å². The Labute approximate surface area is 151 Å². The van der Waals surface area contributed by atoms with Gasteiger partial charge in [0, 0.05) is 6.42 Å². The van der Waals surface area contributed by atoms with Crippen LogP contribution in [0.2, 0.25) is 5.02 Å². The number of hydrazone groups is 1. The summed E-state index contributed by atoms with van der Waals surface area (Å²) in [5.74, 6) is 1.02. The van der Waals surface area contributed by atoms with Crippen molar-refractivity contribution in [3.8, 4) is 11.5 Å². The van der Waals surface area contributed by atoms with Gasteiger partial charge in [-0.2, -0.15) is 13.5 Å². The Morgan fingerprint density at radius 2 is 1.88 bits per heavy atom. The quantitative estimate of drug-likeness (QED) is 0.653. The maximum absolute atomic E-state index is 12.2. The van der Waals surface area contributed by atoms with Crippen molar-refractivity contribution < 1.29 is 17.9 Å². The lowest BCUT2D eigenvalue weighted by Crippen LogP contribution is -2.18. The van der Waals surface area contributed by atoms with Gasteiger partial charge in [-0.25, -0.2) is 4.83 Å². The first-order valence-electron chi connectivity index (χ1n) is 7.66. The average molecular weight is 381 g/mol. The summed E-state index contributed by atoms with van der Waals surface area (Å²) in [5, 5.41) is 4.20. The summed E-state index contributed by atoms with van der Waals surface area (Å²) in [6, 6.07) is 9.84. The molecule has 132 valence electrons. The Balaban J connectivity index is 1.77. The highest BCUT2D eigenvalue weighted by molar-refractivity contribution is 7.89. The summed E-state index contributed by atoms with van der Waals surface area (Å²) in [4.78, 5) is 2.33. The highest BCUT2D eigenvalue weighted by Crippen LogP contribution is 2.37. The van der Waals surface area contributed by atoms with E-state index in [0.29, 0.717) is 35.3 Å². The number of benzene rings is 2. The predicted molar refractivity (Wildman–Crippen MR) is 96.2 cm³/mol. The van der Waals surface area contributed by atoms with Crippen LogP contribution in [0, 0.1) is 6.92 Å². The van der Waals surface area contributed by atoms with E-state index >= 15 is 0 Å². The minimum atomic E-state index is -3.72. The van der Waals surface area contributed by atoms with Gasteiger partial charge in [0.05, 0.1) is 29.3 Å². The van der Waals surface area contributed by atoms with Gasteiger partial charge in [0.1, 0.15) is 0 Å². The molecule has 0 saturated carbocycles. The number of fused-ring (bicyclic) bond motifs is 1. The Morgan fingerprint density at radius 1 is 1.16 bits per heavy atom. The number of sulfonamides is 1. The second-order valence-corrected chi connectivity index (χ2v) is 7.61. The van der Waals surface area contributed by atoms with Crippen LogP contribution >= 0.6 is 11.6 Å². The zero-order valence-electron chi connectivity index (χ0n) is 13.5. The second kappa shape index (κ2) is 7.33. The summed E-state index contributed by atoms with van der Waals surface area (Å²) in [5.41, 5.74) is 1.57. The fourth-order valence-electron chi connectivity index (χ4n) is 2.27. The molecule has 1 heterocycles. The standard InChI is InChI=1S/C17H17ClN2O4S/c1-12-3-5-14(6-4-12)25(21,22)20-19-11-13-9-15(18)17-16(10-13)23-7-2-8-24-17/h3-6,9-11,20H,2,7-8H2,1H3/b19-11-. The zero-order valence-corrected chi connectivity index (χ0v) is 15.1. The van der Waals surface area contributed by atoms with Crippen molar-refractivity contribution in [3.05, 3.63) is 52.5 Å². The Kier molecular flexibility index (Phi) is 5.15. The van der Waals surface area contributed by atoms with Gasteiger partial charge in [0.25, 0.3) is 10.0 Å². The van der Waals surface area contributed by atoms with Crippen LogP contribution < -0.4 is 14.3 Å². The first kappa shape index (κ1) is 17.6. The van der Waals surface area contributed by atoms with Crippen LogP contribution in [-0.4, -0.2) is 27.8 Å². The van der Waals surface area contributed by atoms with Gasteiger partial charge in [0.15, 0.2) is 11.5 Å². The summed E-state index contributed by atoms with van der Waals surface area (Å²) in [6.07, 6.45) is 2.14. The van der Waals surface area contributed by atoms with Gasteiger partial charge >= 0.3 is 0 Å². The first-order chi connectivity index (χ1) is 12.0. The summed E-state index contributed by atoms with van der Waals surface area (Å²) >= 11 is 6.19. The van der Waals surface area contributed by atoms with E-state index in [-0.39, 0.29) is 4.90 Å². The summed E-state index contributed by atoms with van der Waals surface area (Å²) < 4.78 is 35.5. The topological polar surface area (TPSA) is 77.0 Å². The van der Waals surface area contributed by atoms with E-state index in [0.717, 1.165) is 12.0 Å². The van der Waals surface area contributed by atoms with Crippen LogP contribution in [0.1, 0.15) is 17.5 Å². The number of ether oxygens (including phenoxy) is 2. The van der Waals surface area contributed by atoms with E-state index < -0.39 is 10.0 Å². The third-order valence-electron chi connectivity index (χ3n) is 3.54. The van der Waals surface area contributed by atoms with E-state index in [1.165, 1.54) is 18.3 Å². The van der Waals surface area contributed by atoms with E-state index in [4.69, 9.17) is 21.1 Å². The molecule has 3 rings (SSSR count). The molecule has 0 spiro atoms. The molecule has 0 aromatic heterocycles. The van der Waals surface area contributed by atoms with Crippen molar-refractivity contribution in [3.63, 3.8) is 0 Å². The lowest BCUT2D eigenvalue weighted by molar-refractivity contribution is 0.297. The maximum atomic E-state index is 12.2. The Morgan fingerprint density at radius 3 is 2.64 bits per heavy atom. The van der Waals surface area contributed by atoms with E-state index in [1.54, 1.807) is 24.3 Å². The Hall–Kier alpha value is -2.25. The largest absolute Gasteiger partial charge is 0.489 e. The van der Waals surface area contributed by atoms with Crippen molar-refractivity contribution in [2.45, 2.75) is 18.2 Å². The molecular formula is C17H17ClN2O4S. The number of hydrogen-bond donors (Lipinski definition) is 1. The van der Waals surface area contributed by atoms with Crippen molar-refractivity contribution in [1.29, 1.82) is 0 Å². The fourth-order valence-corrected chi connectivity index (χ4v) is 3.33. The van der Waals surface area contributed by atoms with Gasteiger partial charge in [0.2, 0.25) is 0 Å². The monoisotopic (exact) mass is 380 g/mol. The average Bonchev–Trinajstić information content (AvgIpc) is 2.81. The molecule has 1 aliphatic rings. The number of nitrogens with zero attached hydrogens (tertiary/aromatic N) is 1. The minimum absolute atomic E-state index is 0.145. The Bertz CT molecular complexity index is 896. The van der Waals surface area contributed by atoms with Crippen LogP contribution in [0.15, 0.2) is 46.4 Å². The molecule has 0 fully saturated rings. The number of halogens is 1. The third-order valence-corrected chi connectivity index (χ3v) is 5.06. The van der Waals surface area contributed by atoms with Crippen molar-refractivity contribution >= 4 is 27.8 Å². The molecule has 0 unspecified atom stereocenters. The number of aryl methyl sites for hydroxylation is 1. The molecule has 2 aromatic rings. The molecule has 0 radical (unpaired) electrons. The summed E-state index contributed by atoms with van der Waals surface area (Å²) in [6.45, 7) is 2.95. The van der Waals surface area contributed by atoms with Crippen LogP contribution in [0.3, 0.4) is 0 Å². The molecule has 25 heavy (non-hydrogen) atoms. The van der Waals surface area contributed by atoms with Gasteiger partial charge in [-0.05, 0) is 36.8 Å². The number of hydrogen-bond acceptors (Lipinski definition) is 5. The van der Waals surface area contributed by atoms with Crippen LogP contribution in [0.4, 0.5) is 0 Å². The lowest BCUT2D eigenvalue weighted by atomic mass is 10.2. The van der Waals surface area contributed by atoms with Crippen LogP contribution in [0.5, 0.6) is 11.5 Å². The highest BCUT2D eigenvalue weighted by Gasteiger charge is 2.15. The highest BCUT2D eigenvalue weighted by atomic mass is 35.5. The number of nitrogens with one attached hydrogen (secondary N) is 1. The maximum Gasteiger partial charge on any atom is 0.276 e. The van der Waals surface area contributed by atoms with Gasteiger partial charge in [-0.3, -0.25) is 0 Å². The first-order valence-corrected chi connectivity index (χ1v) is 9.52. The SMILES string of the molecule is Cc1ccc(S(=O)(=O)N/N=C\c2cc(Cl)c3c(c2)OCCCO3)cc1. The van der Waals surface area contributed by atoms with Crippen LogP contribution in [-0.2, 0) is 10.0 Å². The molecule has 1 N–H and O–H groups in total. The molecule has 0 saturated heterocycles. The van der Waals surface area contributed by atoms with Crippen molar-refractivity contribution in [2.75, 3.05) is 13.2 Å². The molecule has 2 aromatic carbocycles.